The van der Waals surface area contributed by atoms with Crippen LogP contribution in [0.4, 0.5) is 0 Å². The molecular formula is C21H19N5O. The molecule has 2 aromatic heterocycles. The van der Waals surface area contributed by atoms with Crippen LogP contribution in [0.25, 0.3) is 33.4 Å². The predicted molar refractivity (Wildman–Crippen MR) is 110 cm³/mol. The summed E-state index contributed by atoms with van der Waals surface area (Å²) in [6.07, 6.45) is 3.20. The molecule has 4 aromatic rings. The first kappa shape index (κ1) is 16.8. The van der Waals surface area contributed by atoms with Crippen LogP contribution in [0.1, 0.15) is 5.56 Å². The third-order valence-corrected chi connectivity index (χ3v) is 4.65. The number of aryl methyl sites for hydroxylation is 1. The van der Waals surface area contributed by atoms with Gasteiger partial charge in [0.1, 0.15) is 5.65 Å². The largest absolute Gasteiger partial charge is 0.404 e. The van der Waals surface area contributed by atoms with E-state index in [0.29, 0.717) is 5.39 Å². The Bertz CT molecular complexity index is 1260. The Kier molecular flexibility index (Phi) is 4.08. The number of aromatic nitrogens is 3. The molecule has 0 atom stereocenters. The number of hydrogen-bond acceptors (Lipinski definition) is 4. The van der Waals surface area contributed by atoms with Gasteiger partial charge in [0.2, 0.25) is 0 Å². The molecule has 0 bridgehead atoms. The number of benzene rings is 2. The monoisotopic (exact) mass is 357 g/mol. The van der Waals surface area contributed by atoms with Gasteiger partial charge >= 0.3 is 0 Å². The Morgan fingerprint density at radius 2 is 1.93 bits per heavy atom. The summed E-state index contributed by atoms with van der Waals surface area (Å²) in [5.74, 6) is 0. The lowest BCUT2D eigenvalue weighted by Gasteiger charge is -2.08. The maximum absolute atomic E-state index is 12.8. The van der Waals surface area contributed by atoms with Gasteiger partial charge in [0.25, 0.3) is 5.56 Å². The number of hydrogen-bond donors (Lipinski definition) is 1. The lowest BCUT2D eigenvalue weighted by Crippen LogP contribution is -2.19. The van der Waals surface area contributed by atoms with Crippen molar-refractivity contribution in [3.8, 4) is 11.3 Å². The van der Waals surface area contributed by atoms with Crippen molar-refractivity contribution in [3.05, 3.63) is 76.7 Å². The number of rotatable bonds is 3. The van der Waals surface area contributed by atoms with E-state index in [4.69, 9.17) is 10.8 Å². The second-order valence-corrected chi connectivity index (χ2v) is 6.27. The highest BCUT2D eigenvalue weighted by Crippen LogP contribution is 2.23. The van der Waals surface area contributed by atoms with Crippen molar-refractivity contribution in [2.75, 3.05) is 7.05 Å². The van der Waals surface area contributed by atoms with Gasteiger partial charge in [-0.1, -0.05) is 36.4 Å². The minimum Gasteiger partial charge on any atom is -0.404 e. The summed E-state index contributed by atoms with van der Waals surface area (Å²) in [6.45, 7) is 0. The minimum absolute atomic E-state index is 0.0639. The van der Waals surface area contributed by atoms with E-state index in [1.165, 1.54) is 6.20 Å². The van der Waals surface area contributed by atoms with Gasteiger partial charge in [-0.3, -0.25) is 14.4 Å². The molecule has 2 heterocycles. The third kappa shape index (κ3) is 2.71. The first-order valence-electron chi connectivity index (χ1n) is 8.56. The maximum atomic E-state index is 12.8. The summed E-state index contributed by atoms with van der Waals surface area (Å²) in [4.78, 5) is 16.9. The van der Waals surface area contributed by atoms with Gasteiger partial charge in [-0.25, -0.2) is 4.52 Å². The molecule has 2 aromatic carbocycles. The fraction of sp³-hybridized carbons (Fsp3) is 0.0952. The van der Waals surface area contributed by atoms with Crippen molar-refractivity contribution in [2.45, 2.75) is 0 Å². The van der Waals surface area contributed by atoms with Gasteiger partial charge in [-0.15, -0.1) is 0 Å². The summed E-state index contributed by atoms with van der Waals surface area (Å²) < 4.78 is 3.43. The number of fused-ring (bicyclic) bond motifs is 3. The number of allylic oxidation sites excluding steroid dienone is 1. The second kappa shape index (κ2) is 6.57. The highest BCUT2D eigenvalue weighted by molar-refractivity contribution is 6.10. The topological polar surface area (TPSA) is 77.7 Å². The van der Waals surface area contributed by atoms with E-state index in [-0.39, 0.29) is 5.56 Å². The predicted octanol–water partition coefficient (Wildman–Crippen LogP) is 2.85. The lowest BCUT2D eigenvalue weighted by molar-refractivity contribution is 0.850. The van der Waals surface area contributed by atoms with Crippen LogP contribution in [-0.4, -0.2) is 27.4 Å². The van der Waals surface area contributed by atoms with E-state index in [9.17, 15) is 4.79 Å². The molecule has 0 spiro atoms. The average molecular weight is 357 g/mol. The van der Waals surface area contributed by atoms with Crippen LogP contribution in [0.2, 0.25) is 0 Å². The lowest BCUT2D eigenvalue weighted by atomic mass is 10.1. The van der Waals surface area contributed by atoms with Gasteiger partial charge in [0.05, 0.1) is 16.6 Å². The Morgan fingerprint density at radius 1 is 1.15 bits per heavy atom. The fourth-order valence-corrected chi connectivity index (χ4v) is 3.24. The Morgan fingerprint density at radius 3 is 2.63 bits per heavy atom. The van der Waals surface area contributed by atoms with Crippen LogP contribution in [0, 0.1) is 0 Å². The summed E-state index contributed by atoms with van der Waals surface area (Å²) in [6, 6.07) is 17.4. The Labute approximate surface area is 155 Å². The summed E-state index contributed by atoms with van der Waals surface area (Å²) in [5, 5.41) is 5.36. The molecule has 134 valence electrons. The van der Waals surface area contributed by atoms with Crippen molar-refractivity contribution in [1.29, 1.82) is 0 Å². The molecule has 0 amide bonds. The molecule has 0 unspecified atom stereocenters. The normalized spacial score (nSPS) is 12.4. The quantitative estimate of drug-likeness (QED) is 0.573. The Hall–Kier alpha value is -3.67. The van der Waals surface area contributed by atoms with E-state index in [2.05, 4.69) is 4.99 Å². The third-order valence-electron chi connectivity index (χ3n) is 4.65. The molecule has 0 fully saturated rings. The molecular weight excluding hydrogens is 338 g/mol. The minimum atomic E-state index is -0.0639. The zero-order valence-corrected chi connectivity index (χ0v) is 15.1. The van der Waals surface area contributed by atoms with Crippen LogP contribution < -0.4 is 11.3 Å². The van der Waals surface area contributed by atoms with Crippen LogP contribution in [0.3, 0.4) is 0 Å². The second-order valence-electron chi connectivity index (χ2n) is 6.27. The molecule has 6 nitrogen and oxygen atoms in total. The van der Waals surface area contributed by atoms with Crippen molar-refractivity contribution < 1.29 is 0 Å². The molecule has 0 saturated heterocycles. The van der Waals surface area contributed by atoms with E-state index >= 15 is 0 Å². The number of aliphatic imine (C=N–C) groups is 1. The average Bonchev–Trinajstić information content (AvgIpc) is 3.16. The van der Waals surface area contributed by atoms with Crippen LogP contribution >= 0.6 is 0 Å². The zero-order chi connectivity index (χ0) is 19.0. The molecule has 0 aliphatic rings. The van der Waals surface area contributed by atoms with Crippen molar-refractivity contribution >= 4 is 28.3 Å². The van der Waals surface area contributed by atoms with Crippen molar-refractivity contribution in [1.82, 2.24) is 14.2 Å². The first-order valence-corrected chi connectivity index (χ1v) is 8.56. The van der Waals surface area contributed by atoms with E-state index in [1.54, 1.807) is 29.4 Å². The van der Waals surface area contributed by atoms with Crippen LogP contribution in [-0.2, 0) is 7.05 Å². The van der Waals surface area contributed by atoms with Crippen molar-refractivity contribution in [2.24, 2.45) is 17.8 Å². The standard InChI is InChI=1S/C21H19N5O/c1-23-13-16(12-22)15-8-9-17-19(10-15)26-20(25(2)21(17)27)11-18(24-26)14-6-4-3-5-7-14/h3-13H,22H2,1-2H3. The van der Waals surface area contributed by atoms with Gasteiger partial charge in [0.15, 0.2) is 0 Å². The molecule has 2 N–H and O–H groups in total. The number of nitrogens with two attached hydrogens (primary N) is 1. The molecule has 0 saturated carbocycles. The van der Waals surface area contributed by atoms with Crippen LogP contribution in [0.5, 0.6) is 0 Å². The molecule has 0 aliphatic heterocycles. The highest BCUT2D eigenvalue weighted by Gasteiger charge is 2.14. The number of nitrogens with zero attached hydrogens (tertiary/aromatic N) is 4. The van der Waals surface area contributed by atoms with E-state index < -0.39 is 0 Å². The zero-order valence-electron chi connectivity index (χ0n) is 15.1. The van der Waals surface area contributed by atoms with E-state index in [0.717, 1.165) is 33.6 Å². The molecule has 4 rings (SSSR count). The molecule has 27 heavy (non-hydrogen) atoms. The first-order chi connectivity index (χ1) is 13.1. The highest BCUT2D eigenvalue weighted by atomic mass is 16.1. The molecule has 6 heteroatoms. The smallest absolute Gasteiger partial charge is 0.261 e. The van der Waals surface area contributed by atoms with Crippen molar-refractivity contribution in [3.63, 3.8) is 0 Å². The maximum Gasteiger partial charge on any atom is 0.261 e. The molecule has 0 aliphatic carbocycles. The summed E-state index contributed by atoms with van der Waals surface area (Å²) in [7, 11) is 3.45. The van der Waals surface area contributed by atoms with Gasteiger partial charge in [-0.2, -0.15) is 5.10 Å². The molecule has 0 radical (unpaired) electrons. The Balaban J connectivity index is 2.05. The summed E-state index contributed by atoms with van der Waals surface area (Å²) >= 11 is 0. The summed E-state index contributed by atoms with van der Waals surface area (Å²) in [5.41, 5.74) is 10.6. The SMILES string of the molecule is CN=CC(=CN)c1ccc2c(=O)n(C)c3cc(-c4ccccc4)nn3c2c1. The van der Waals surface area contributed by atoms with Gasteiger partial charge in [-0.05, 0) is 17.7 Å². The van der Waals surface area contributed by atoms with Gasteiger partial charge in [0, 0.05) is 43.7 Å². The van der Waals surface area contributed by atoms with Crippen LogP contribution in [0.15, 0.2) is 70.6 Å². The van der Waals surface area contributed by atoms with E-state index in [1.807, 2.05) is 54.6 Å². The van der Waals surface area contributed by atoms with Gasteiger partial charge < -0.3 is 5.73 Å². The fourth-order valence-electron chi connectivity index (χ4n) is 3.24.